The molecular formula is C5H7NS2V2-2. The van der Waals surface area contributed by atoms with Crippen LogP contribution in [0.4, 0.5) is 0 Å². The maximum Gasteiger partial charge on any atom is 0.00742 e. The minimum atomic E-state index is 0. The van der Waals surface area contributed by atoms with Crippen LogP contribution in [-0.2, 0) is 37.1 Å². The summed E-state index contributed by atoms with van der Waals surface area (Å²) in [6.07, 6.45) is 0. The van der Waals surface area contributed by atoms with Gasteiger partial charge in [-0.05, 0) is 0 Å². The molecule has 0 aliphatic heterocycles. The van der Waals surface area contributed by atoms with Gasteiger partial charge in [-0.3, -0.25) is 0 Å². The predicted molar refractivity (Wildman–Crippen MR) is 43.7 cm³/mol. The normalized spacial score (nSPS) is 6.50. The van der Waals surface area contributed by atoms with Crippen LogP contribution in [0.15, 0.2) is 0 Å². The number of hydrogen-bond donors (Lipinski definition) is 0. The SMILES string of the molecule is [CH2-]C(=S)N(C)C([CH2-])=S.[V].[V]. The second-order valence-corrected chi connectivity index (χ2v) is 2.29. The quantitative estimate of drug-likeness (QED) is 0.468. The van der Waals surface area contributed by atoms with Gasteiger partial charge < -0.3 is 18.7 Å². The van der Waals surface area contributed by atoms with Crippen LogP contribution in [-0.4, -0.2) is 21.9 Å². The van der Waals surface area contributed by atoms with Gasteiger partial charge in [0.2, 0.25) is 0 Å². The van der Waals surface area contributed by atoms with Crippen LogP contribution in [0.1, 0.15) is 0 Å². The third kappa shape index (κ3) is 7.00. The molecule has 56 valence electrons. The van der Waals surface area contributed by atoms with Gasteiger partial charge in [0.25, 0.3) is 0 Å². The Morgan fingerprint density at radius 2 is 1.30 bits per heavy atom. The largest absolute Gasteiger partial charge is 0.388 e. The zero-order chi connectivity index (χ0) is 6.73. The first-order valence-electron chi connectivity index (χ1n) is 2.01. The van der Waals surface area contributed by atoms with Crippen molar-refractivity contribution < 1.29 is 37.1 Å². The molecule has 0 spiro atoms. The van der Waals surface area contributed by atoms with E-state index in [1.807, 2.05) is 0 Å². The first-order valence-corrected chi connectivity index (χ1v) is 2.83. The van der Waals surface area contributed by atoms with E-state index in [9.17, 15) is 0 Å². The van der Waals surface area contributed by atoms with Gasteiger partial charge in [0, 0.05) is 44.2 Å². The van der Waals surface area contributed by atoms with E-state index in [0.29, 0.717) is 9.98 Å². The van der Waals surface area contributed by atoms with Gasteiger partial charge in [-0.25, -0.2) is 0 Å². The first-order chi connectivity index (χ1) is 3.55. The van der Waals surface area contributed by atoms with Gasteiger partial charge in [-0.1, -0.05) is 9.98 Å². The van der Waals surface area contributed by atoms with Gasteiger partial charge in [-0.15, -0.1) is 24.4 Å². The monoisotopic (exact) mass is 247 g/mol. The van der Waals surface area contributed by atoms with Crippen molar-refractivity contribution in [2.24, 2.45) is 0 Å². The summed E-state index contributed by atoms with van der Waals surface area (Å²) in [6, 6.07) is 0. The fourth-order valence-corrected chi connectivity index (χ4v) is 0.417. The molecule has 0 aliphatic carbocycles. The molecule has 0 aromatic heterocycles. The van der Waals surface area contributed by atoms with Crippen molar-refractivity contribution in [2.75, 3.05) is 7.05 Å². The fourth-order valence-electron chi connectivity index (χ4n) is 0.139. The zero-order valence-corrected chi connectivity index (χ0v) is 10.00. The van der Waals surface area contributed by atoms with E-state index < -0.39 is 0 Å². The second-order valence-electron chi connectivity index (χ2n) is 1.35. The smallest absolute Gasteiger partial charge is 0.00742 e. The van der Waals surface area contributed by atoms with E-state index in [-0.39, 0.29) is 37.1 Å². The summed E-state index contributed by atoms with van der Waals surface area (Å²) >= 11 is 9.36. The Hall–Kier alpha value is 0.889. The number of hydrogen-bond acceptors (Lipinski definition) is 2. The van der Waals surface area contributed by atoms with Crippen LogP contribution in [0.25, 0.3) is 0 Å². The Morgan fingerprint density at radius 1 is 1.10 bits per heavy atom. The zero-order valence-electron chi connectivity index (χ0n) is 5.57. The molecule has 0 N–H and O–H groups in total. The average molecular weight is 247 g/mol. The Kier molecular flexibility index (Phi) is 13.7. The minimum Gasteiger partial charge on any atom is -0.388 e. The van der Waals surface area contributed by atoms with Crippen molar-refractivity contribution in [3.8, 4) is 0 Å². The molecular weight excluding hydrogens is 240 g/mol. The molecule has 0 fully saturated rings. The fraction of sp³-hybridized carbons (Fsp3) is 0.200. The van der Waals surface area contributed by atoms with E-state index >= 15 is 0 Å². The summed E-state index contributed by atoms with van der Waals surface area (Å²) in [7, 11) is 1.74. The molecule has 0 aromatic rings. The van der Waals surface area contributed by atoms with Crippen LogP contribution in [0.3, 0.4) is 0 Å². The van der Waals surface area contributed by atoms with Crippen molar-refractivity contribution in [2.45, 2.75) is 0 Å². The summed E-state index contributed by atoms with van der Waals surface area (Å²) in [5.41, 5.74) is 0. The maximum absolute atomic E-state index is 4.68. The molecule has 0 heterocycles. The van der Waals surface area contributed by atoms with E-state index in [1.54, 1.807) is 11.9 Å². The summed E-state index contributed by atoms with van der Waals surface area (Å²) in [5, 5.41) is 0. The Labute approximate surface area is 96.7 Å². The Morgan fingerprint density at radius 3 is 1.30 bits per heavy atom. The van der Waals surface area contributed by atoms with Crippen molar-refractivity contribution >= 4 is 34.4 Å². The van der Waals surface area contributed by atoms with Crippen molar-refractivity contribution in [1.82, 2.24) is 4.90 Å². The van der Waals surface area contributed by atoms with Crippen LogP contribution in [0, 0.1) is 13.8 Å². The van der Waals surface area contributed by atoms with E-state index in [2.05, 4.69) is 38.3 Å². The number of thiocarbonyl (C=S) groups is 2. The standard InChI is InChI=1S/C5H7NS2.2V/c1-4(7)6(3)5(2)8;;/h1-2H2,3H3;;/q-2;;. The van der Waals surface area contributed by atoms with E-state index in [4.69, 9.17) is 0 Å². The molecule has 0 saturated carbocycles. The van der Waals surface area contributed by atoms with Crippen molar-refractivity contribution in [1.29, 1.82) is 0 Å². The molecule has 2 radical (unpaired) electrons. The van der Waals surface area contributed by atoms with Crippen LogP contribution in [0.5, 0.6) is 0 Å². The molecule has 0 saturated heterocycles. The molecule has 0 rings (SSSR count). The van der Waals surface area contributed by atoms with Gasteiger partial charge >= 0.3 is 0 Å². The molecule has 0 aliphatic rings. The second kappa shape index (κ2) is 7.99. The van der Waals surface area contributed by atoms with Gasteiger partial charge in [0.1, 0.15) is 0 Å². The van der Waals surface area contributed by atoms with Gasteiger partial charge in [0.15, 0.2) is 0 Å². The molecule has 1 nitrogen and oxygen atoms in total. The molecule has 5 heteroatoms. The van der Waals surface area contributed by atoms with Gasteiger partial charge in [-0.2, -0.15) is 0 Å². The third-order valence-corrected chi connectivity index (χ3v) is 1.30. The summed E-state index contributed by atoms with van der Waals surface area (Å²) in [5.74, 6) is 0. The van der Waals surface area contributed by atoms with Crippen LogP contribution < -0.4 is 0 Å². The van der Waals surface area contributed by atoms with Crippen molar-refractivity contribution in [3.05, 3.63) is 13.8 Å². The molecule has 0 bridgehead atoms. The molecule has 0 atom stereocenters. The summed E-state index contributed by atoms with van der Waals surface area (Å²) in [4.78, 5) is 2.58. The van der Waals surface area contributed by atoms with E-state index in [1.165, 1.54) is 0 Å². The topological polar surface area (TPSA) is 3.24 Å². The van der Waals surface area contributed by atoms with Crippen LogP contribution in [0.2, 0.25) is 0 Å². The first kappa shape index (κ1) is 17.1. The molecule has 0 unspecified atom stereocenters. The Bertz CT molecular complexity index is 113. The summed E-state index contributed by atoms with van der Waals surface area (Å²) in [6.45, 7) is 6.98. The van der Waals surface area contributed by atoms with Gasteiger partial charge in [0.05, 0.1) is 0 Å². The summed E-state index contributed by atoms with van der Waals surface area (Å²) < 4.78 is 0. The molecule has 0 aromatic carbocycles. The van der Waals surface area contributed by atoms with E-state index in [0.717, 1.165) is 0 Å². The molecule has 10 heavy (non-hydrogen) atoms. The maximum atomic E-state index is 4.68. The molecule has 0 amide bonds. The third-order valence-electron chi connectivity index (χ3n) is 0.748. The predicted octanol–water partition coefficient (Wildman–Crippen LogP) is 1.24. The minimum absolute atomic E-state index is 0. The van der Waals surface area contributed by atoms with Crippen molar-refractivity contribution in [3.63, 3.8) is 0 Å². The average Bonchev–Trinajstić information content (AvgIpc) is 1.64. The number of nitrogens with zero attached hydrogens (tertiary/aromatic N) is 1. The van der Waals surface area contributed by atoms with Crippen LogP contribution >= 0.6 is 24.4 Å². The number of rotatable bonds is 0. The Balaban J connectivity index is -0.000000245.